The van der Waals surface area contributed by atoms with Gasteiger partial charge in [0.15, 0.2) is 0 Å². The van der Waals surface area contributed by atoms with Gasteiger partial charge in [-0.25, -0.2) is 4.98 Å². The van der Waals surface area contributed by atoms with E-state index < -0.39 is 0 Å². The van der Waals surface area contributed by atoms with Crippen LogP contribution < -0.4 is 5.32 Å². The highest BCUT2D eigenvalue weighted by molar-refractivity contribution is 7.09. The molecule has 2 aliphatic carbocycles. The molecule has 0 aromatic carbocycles. The maximum atomic E-state index is 6.04. The van der Waals surface area contributed by atoms with E-state index in [2.05, 4.69) is 36.5 Å². The molecule has 0 amide bonds. The van der Waals surface area contributed by atoms with Crippen LogP contribution in [0.5, 0.6) is 0 Å². The highest BCUT2D eigenvalue weighted by Gasteiger charge is 2.55. The van der Waals surface area contributed by atoms with E-state index in [0.717, 1.165) is 12.3 Å². The quantitative estimate of drug-likeness (QED) is 0.884. The summed E-state index contributed by atoms with van der Waals surface area (Å²) in [7, 11) is 0. The van der Waals surface area contributed by atoms with Gasteiger partial charge < -0.3 is 10.1 Å². The molecule has 3 rings (SSSR count). The number of aromatic nitrogens is 1. The highest BCUT2D eigenvalue weighted by Crippen LogP contribution is 2.53. The molecule has 1 aromatic rings. The van der Waals surface area contributed by atoms with Crippen molar-refractivity contribution >= 4 is 11.3 Å². The van der Waals surface area contributed by atoms with Gasteiger partial charge in [-0.05, 0) is 40.0 Å². The predicted molar refractivity (Wildman–Crippen MR) is 87.7 cm³/mol. The number of aryl methyl sites for hydroxylation is 1. The van der Waals surface area contributed by atoms with Crippen molar-refractivity contribution in [1.29, 1.82) is 0 Å². The first-order valence-electron chi connectivity index (χ1n) is 8.45. The number of nitrogens with one attached hydrogen (secondary N) is 1. The lowest BCUT2D eigenvalue weighted by Crippen LogP contribution is -2.64. The fraction of sp³-hybridized carbons (Fsp3) is 0.824. The Morgan fingerprint density at radius 1 is 1.43 bits per heavy atom. The van der Waals surface area contributed by atoms with E-state index in [1.807, 2.05) is 0 Å². The molecule has 1 heterocycles. The van der Waals surface area contributed by atoms with Crippen molar-refractivity contribution in [3.8, 4) is 0 Å². The normalized spacial score (nSPS) is 29.3. The predicted octanol–water partition coefficient (Wildman–Crippen LogP) is 4.23. The molecule has 2 aliphatic rings. The molecule has 0 radical (unpaired) electrons. The molecule has 0 saturated heterocycles. The van der Waals surface area contributed by atoms with E-state index in [0.29, 0.717) is 23.6 Å². The molecule has 0 aliphatic heterocycles. The van der Waals surface area contributed by atoms with Gasteiger partial charge in [0.05, 0.1) is 12.1 Å². The number of thiazole rings is 1. The van der Waals surface area contributed by atoms with E-state index in [1.165, 1.54) is 43.5 Å². The Hall–Kier alpha value is -0.450. The van der Waals surface area contributed by atoms with Crippen molar-refractivity contribution in [1.82, 2.24) is 10.3 Å². The smallest absolute Gasteiger partial charge is 0.110 e. The lowest BCUT2D eigenvalue weighted by molar-refractivity contribution is -0.152. The summed E-state index contributed by atoms with van der Waals surface area (Å²) in [5.74, 6) is 0. The minimum Gasteiger partial charge on any atom is -0.378 e. The molecule has 3 nitrogen and oxygen atoms in total. The van der Waals surface area contributed by atoms with E-state index in [4.69, 9.17) is 4.74 Å². The molecule has 2 saturated carbocycles. The molecule has 1 spiro atoms. The van der Waals surface area contributed by atoms with Crippen LogP contribution >= 0.6 is 11.3 Å². The van der Waals surface area contributed by atoms with E-state index in [1.54, 1.807) is 11.3 Å². The van der Waals surface area contributed by atoms with E-state index in [9.17, 15) is 0 Å². The average Bonchev–Trinajstić information content (AvgIpc) is 2.93. The van der Waals surface area contributed by atoms with Crippen molar-refractivity contribution < 1.29 is 4.74 Å². The summed E-state index contributed by atoms with van der Waals surface area (Å²) in [6.45, 7) is 7.30. The minimum absolute atomic E-state index is 0.357. The molecule has 118 valence electrons. The van der Waals surface area contributed by atoms with Crippen LogP contribution in [0.3, 0.4) is 0 Å². The first kappa shape index (κ1) is 15.4. The average molecular weight is 308 g/mol. The molecular weight excluding hydrogens is 280 g/mol. The summed E-state index contributed by atoms with van der Waals surface area (Å²) in [5, 5.41) is 7.23. The standard InChI is InChI=1S/C17H28N2OS/c1-4-20-15-10-14(17(15)8-6-5-7-9-17)19-13(3)16-18-12(2)11-21-16/h11,13-15,19H,4-10H2,1-3H3. The molecule has 2 fully saturated rings. The van der Waals surface area contributed by atoms with E-state index in [-0.39, 0.29) is 0 Å². The summed E-state index contributed by atoms with van der Waals surface area (Å²) in [6, 6.07) is 0.962. The van der Waals surface area contributed by atoms with Gasteiger partial charge in [0.2, 0.25) is 0 Å². The molecule has 3 atom stereocenters. The Morgan fingerprint density at radius 2 is 2.19 bits per heavy atom. The van der Waals surface area contributed by atoms with Crippen LogP contribution in [0.25, 0.3) is 0 Å². The summed E-state index contributed by atoms with van der Waals surface area (Å²) >= 11 is 1.78. The van der Waals surface area contributed by atoms with Crippen LogP contribution in [0, 0.1) is 12.3 Å². The zero-order valence-corrected chi connectivity index (χ0v) is 14.3. The van der Waals surface area contributed by atoms with Crippen molar-refractivity contribution in [2.45, 2.75) is 77.5 Å². The van der Waals surface area contributed by atoms with Gasteiger partial charge in [0.25, 0.3) is 0 Å². The summed E-state index contributed by atoms with van der Waals surface area (Å²) in [4.78, 5) is 4.64. The van der Waals surface area contributed by atoms with Crippen molar-refractivity contribution in [2.75, 3.05) is 6.61 Å². The number of hydrogen-bond acceptors (Lipinski definition) is 4. The topological polar surface area (TPSA) is 34.1 Å². The van der Waals surface area contributed by atoms with Gasteiger partial charge in [-0.2, -0.15) is 0 Å². The summed E-state index contributed by atoms with van der Waals surface area (Å²) < 4.78 is 6.04. The monoisotopic (exact) mass is 308 g/mol. The number of rotatable bonds is 5. The Balaban J connectivity index is 1.67. The van der Waals surface area contributed by atoms with Gasteiger partial charge in [0.1, 0.15) is 5.01 Å². The first-order chi connectivity index (χ1) is 10.2. The van der Waals surface area contributed by atoms with Crippen molar-refractivity contribution in [2.24, 2.45) is 5.41 Å². The number of ether oxygens (including phenoxy) is 1. The Kier molecular flexibility index (Phi) is 4.67. The fourth-order valence-corrected chi connectivity index (χ4v) is 5.05. The number of hydrogen-bond donors (Lipinski definition) is 1. The van der Waals surface area contributed by atoms with E-state index >= 15 is 0 Å². The number of nitrogens with zero attached hydrogens (tertiary/aromatic N) is 1. The first-order valence-corrected chi connectivity index (χ1v) is 9.33. The van der Waals surface area contributed by atoms with Crippen LogP contribution in [-0.4, -0.2) is 23.7 Å². The van der Waals surface area contributed by atoms with Crippen molar-refractivity contribution in [3.63, 3.8) is 0 Å². The molecule has 1 N–H and O–H groups in total. The highest BCUT2D eigenvalue weighted by atomic mass is 32.1. The molecule has 3 unspecified atom stereocenters. The maximum absolute atomic E-state index is 6.04. The van der Waals surface area contributed by atoms with Gasteiger partial charge >= 0.3 is 0 Å². The third-order valence-electron chi connectivity index (χ3n) is 5.40. The Bertz CT molecular complexity index is 467. The third kappa shape index (κ3) is 2.90. The van der Waals surface area contributed by atoms with Crippen LogP contribution in [-0.2, 0) is 4.74 Å². The largest absolute Gasteiger partial charge is 0.378 e. The molecular formula is C17H28N2OS. The lowest BCUT2D eigenvalue weighted by atomic mass is 9.55. The lowest BCUT2D eigenvalue weighted by Gasteiger charge is -2.58. The summed E-state index contributed by atoms with van der Waals surface area (Å²) in [6.07, 6.45) is 8.44. The van der Waals surface area contributed by atoms with Crippen LogP contribution in [0.2, 0.25) is 0 Å². The van der Waals surface area contributed by atoms with Gasteiger partial charge in [0, 0.05) is 29.1 Å². The Morgan fingerprint density at radius 3 is 2.81 bits per heavy atom. The fourth-order valence-electron chi connectivity index (χ4n) is 4.24. The van der Waals surface area contributed by atoms with Gasteiger partial charge in [-0.1, -0.05) is 19.3 Å². The van der Waals surface area contributed by atoms with Crippen molar-refractivity contribution in [3.05, 3.63) is 16.1 Å². The van der Waals surface area contributed by atoms with Crippen LogP contribution in [0.4, 0.5) is 0 Å². The van der Waals surface area contributed by atoms with Crippen LogP contribution in [0.1, 0.15) is 69.1 Å². The SMILES string of the molecule is CCOC1CC(NC(C)c2nc(C)cs2)C12CCCCC2. The van der Waals surface area contributed by atoms with Gasteiger partial charge in [-0.15, -0.1) is 11.3 Å². The van der Waals surface area contributed by atoms with Crippen LogP contribution in [0.15, 0.2) is 5.38 Å². The molecule has 0 bridgehead atoms. The molecule has 4 heteroatoms. The zero-order valence-electron chi connectivity index (χ0n) is 13.5. The molecule has 21 heavy (non-hydrogen) atoms. The second-order valence-corrected chi connectivity index (χ2v) is 7.63. The molecule has 1 aromatic heterocycles. The second-order valence-electron chi connectivity index (χ2n) is 6.74. The zero-order chi connectivity index (χ0) is 14.9. The maximum Gasteiger partial charge on any atom is 0.110 e. The van der Waals surface area contributed by atoms with Gasteiger partial charge in [-0.3, -0.25) is 0 Å². The second kappa shape index (κ2) is 6.35. The summed E-state index contributed by atoms with van der Waals surface area (Å²) in [5.41, 5.74) is 1.53. The third-order valence-corrected chi connectivity index (χ3v) is 6.54. The Labute approximate surface area is 132 Å². The minimum atomic E-state index is 0.357.